The number of carboxylic acid groups (broad SMARTS) is 1. The van der Waals surface area contributed by atoms with Crippen molar-refractivity contribution >= 4 is 17.3 Å². The highest BCUT2D eigenvalue weighted by atomic mass is 16.6. The number of fused-ring (bicyclic) bond motifs is 1. The summed E-state index contributed by atoms with van der Waals surface area (Å²) in [5, 5.41) is 19.6. The molecule has 1 aromatic carbocycles. The highest BCUT2D eigenvalue weighted by Crippen LogP contribution is 2.34. The zero-order chi connectivity index (χ0) is 13.1. The lowest BCUT2D eigenvalue weighted by Gasteiger charge is -2.21. The molecule has 1 aromatic rings. The SMILES string of the molecule is O=C(O)CN1CCCOc2ccc([N+](=O)[O-])cc21. The van der Waals surface area contributed by atoms with Gasteiger partial charge in [-0.05, 0) is 12.5 Å². The molecule has 0 unspecified atom stereocenters. The Kier molecular flexibility index (Phi) is 3.31. The summed E-state index contributed by atoms with van der Waals surface area (Å²) < 4.78 is 5.44. The lowest BCUT2D eigenvalue weighted by molar-refractivity contribution is -0.384. The molecule has 0 bridgehead atoms. The number of rotatable bonds is 3. The molecule has 0 spiro atoms. The van der Waals surface area contributed by atoms with E-state index in [1.165, 1.54) is 18.2 Å². The average Bonchev–Trinajstić information content (AvgIpc) is 2.50. The Labute approximate surface area is 103 Å². The van der Waals surface area contributed by atoms with E-state index < -0.39 is 10.9 Å². The molecule has 0 fully saturated rings. The van der Waals surface area contributed by atoms with Gasteiger partial charge >= 0.3 is 5.97 Å². The zero-order valence-electron chi connectivity index (χ0n) is 9.54. The molecule has 2 rings (SSSR count). The van der Waals surface area contributed by atoms with Crippen LogP contribution in [0.2, 0.25) is 0 Å². The molecule has 18 heavy (non-hydrogen) atoms. The molecule has 0 saturated heterocycles. The van der Waals surface area contributed by atoms with Gasteiger partial charge in [0.15, 0.2) is 0 Å². The Hall–Kier alpha value is -2.31. The van der Waals surface area contributed by atoms with Crippen LogP contribution in [-0.4, -0.2) is 35.7 Å². The van der Waals surface area contributed by atoms with Gasteiger partial charge < -0.3 is 14.7 Å². The fourth-order valence-electron chi connectivity index (χ4n) is 1.87. The van der Waals surface area contributed by atoms with Crippen LogP contribution in [0.5, 0.6) is 5.75 Å². The standard InChI is InChI=1S/C11H12N2O5/c14-11(15)7-12-4-1-5-18-10-3-2-8(13(16)17)6-9(10)12/h2-3,6H,1,4-5,7H2,(H,14,15). The summed E-state index contributed by atoms with van der Waals surface area (Å²) in [6.45, 7) is 0.777. The highest BCUT2D eigenvalue weighted by Gasteiger charge is 2.21. The third-order valence-electron chi connectivity index (χ3n) is 2.65. The predicted octanol–water partition coefficient (Wildman–Crippen LogP) is 1.27. The third kappa shape index (κ3) is 2.50. The number of ether oxygens (including phenoxy) is 1. The van der Waals surface area contributed by atoms with Crippen molar-refractivity contribution in [3.63, 3.8) is 0 Å². The van der Waals surface area contributed by atoms with Crippen LogP contribution in [0.15, 0.2) is 18.2 Å². The van der Waals surface area contributed by atoms with Gasteiger partial charge in [0.1, 0.15) is 12.3 Å². The number of non-ortho nitro benzene ring substituents is 1. The Morgan fingerprint density at radius 3 is 3.00 bits per heavy atom. The van der Waals surface area contributed by atoms with Crippen LogP contribution in [0.25, 0.3) is 0 Å². The normalized spacial score (nSPS) is 14.3. The van der Waals surface area contributed by atoms with Gasteiger partial charge in [0.25, 0.3) is 5.69 Å². The summed E-state index contributed by atoms with van der Waals surface area (Å²) in [6, 6.07) is 4.21. The Balaban J connectivity index is 2.40. The summed E-state index contributed by atoms with van der Waals surface area (Å²) in [4.78, 5) is 22.6. The van der Waals surface area contributed by atoms with Gasteiger partial charge in [-0.25, -0.2) is 0 Å². The second kappa shape index (κ2) is 4.91. The van der Waals surface area contributed by atoms with Crippen LogP contribution in [0.3, 0.4) is 0 Å². The van der Waals surface area contributed by atoms with Crippen LogP contribution >= 0.6 is 0 Å². The number of nitrogens with zero attached hydrogens (tertiary/aromatic N) is 2. The van der Waals surface area contributed by atoms with Gasteiger partial charge in [0.05, 0.1) is 17.2 Å². The molecule has 0 aromatic heterocycles. The van der Waals surface area contributed by atoms with Crippen molar-refractivity contribution in [1.82, 2.24) is 0 Å². The first-order valence-electron chi connectivity index (χ1n) is 5.46. The molecule has 0 saturated carbocycles. The Bertz CT molecular complexity index is 488. The van der Waals surface area contributed by atoms with Gasteiger partial charge in [-0.15, -0.1) is 0 Å². The molecule has 1 aliphatic rings. The van der Waals surface area contributed by atoms with Gasteiger partial charge in [-0.3, -0.25) is 14.9 Å². The molecule has 7 heteroatoms. The minimum Gasteiger partial charge on any atom is -0.491 e. The predicted molar refractivity (Wildman–Crippen MR) is 63.1 cm³/mol. The van der Waals surface area contributed by atoms with Gasteiger partial charge in [-0.2, -0.15) is 0 Å². The maximum Gasteiger partial charge on any atom is 0.323 e. The van der Waals surface area contributed by atoms with E-state index in [1.807, 2.05) is 0 Å². The number of hydrogen-bond acceptors (Lipinski definition) is 5. The van der Waals surface area contributed by atoms with Crippen LogP contribution in [0.4, 0.5) is 11.4 Å². The van der Waals surface area contributed by atoms with Gasteiger partial charge in [0.2, 0.25) is 0 Å². The van der Waals surface area contributed by atoms with Crippen LogP contribution in [-0.2, 0) is 4.79 Å². The smallest absolute Gasteiger partial charge is 0.323 e. The monoisotopic (exact) mass is 252 g/mol. The maximum atomic E-state index is 10.8. The van der Waals surface area contributed by atoms with Crippen LogP contribution < -0.4 is 9.64 Å². The molecule has 0 atom stereocenters. The van der Waals surface area contributed by atoms with Crippen molar-refractivity contribution in [2.24, 2.45) is 0 Å². The fraction of sp³-hybridized carbons (Fsp3) is 0.364. The molecule has 96 valence electrons. The second-order valence-corrected chi connectivity index (χ2v) is 3.93. The minimum absolute atomic E-state index is 0.0744. The molecule has 0 radical (unpaired) electrons. The number of anilines is 1. The number of benzene rings is 1. The molecular weight excluding hydrogens is 240 g/mol. The summed E-state index contributed by atoms with van der Waals surface area (Å²) in [5.41, 5.74) is 0.388. The van der Waals surface area contributed by atoms with E-state index in [0.29, 0.717) is 31.0 Å². The maximum absolute atomic E-state index is 10.8. The number of nitro benzene ring substituents is 1. The quantitative estimate of drug-likeness (QED) is 0.643. The van der Waals surface area contributed by atoms with E-state index in [1.54, 1.807) is 4.90 Å². The number of carboxylic acids is 1. The number of aliphatic carboxylic acids is 1. The van der Waals surface area contributed by atoms with Crippen molar-refractivity contribution < 1.29 is 19.6 Å². The molecule has 7 nitrogen and oxygen atoms in total. The first kappa shape index (κ1) is 12.2. The Morgan fingerprint density at radius 2 is 2.33 bits per heavy atom. The van der Waals surface area contributed by atoms with Crippen molar-refractivity contribution in [1.29, 1.82) is 0 Å². The average molecular weight is 252 g/mol. The molecule has 1 heterocycles. The number of hydrogen-bond donors (Lipinski definition) is 1. The lowest BCUT2D eigenvalue weighted by atomic mass is 10.2. The van der Waals surface area contributed by atoms with E-state index in [-0.39, 0.29) is 12.2 Å². The van der Waals surface area contributed by atoms with E-state index in [9.17, 15) is 14.9 Å². The van der Waals surface area contributed by atoms with Crippen molar-refractivity contribution in [3.8, 4) is 5.75 Å². The molecular formula is C11H12N2O5. The van der Waals surface area contributed by atoms with Gasteiger partial charge in [-0.1, -0.05) is 0 Å². The van der Waals surface area contributed by atoms with Crippen molar-refractivity contribution in [3.05, 3.63) is 28.3 Å². The van der Waals surface area contributed by atoms with Gasteiger partial charge in [0, 0.05) is 18.7 Å². The summed E-state index contributed by atoms with van der Waals surface area (Å²) in [7, 11) is 0. The first-order chi connectivity index (χ1) is 8.58. The lowest BCUT2D eigenvalue weighted by Crippen LogP contribution is -2.30. The van der Waals surface area contributed by atoms with E-state index in [2.05, 4.69) is 0 Å². The Morgan fingerprint density at radius 1 is 1.56 bits per heavy atom. The molecule has 1 aliphatic heterocycles. The van der Waals surface area contributed by atoms with Crippen LogP contribution in [0.1, 0.15) is 6.42 Å². The fourth-order valence-corrected chi connectivity index (χ4v) is 1.87. The van der Waals surface area contributed by atoms with Crippen LogP contribution in [0, 0.1) is 10.1 Å². The van der Waals surface area contributed by atoms with Crippen molar-refractivity contribution in [2.45, 2.75) is 6.42 Å². The van der Waals surface area contributed by atoms with E-state index in [0.717, 1.165) is 0 Å². The zero-order valence-corrected chi connectivity index (χ0v) is 9.54. The van der Waals surface area contributed by atoms with Crippen molar-refractivity contribution in [2.75, 3.05) is 24.6 Å². The minimum atomic E-state index is -0.977. The second-order valence-electron chi connectivity index (χ2n) is 3.93. The summed E-state index contributed by atoms with van der Waals surface area (Å²) in [5.74, 6) is -0.492. The molecule has 0 aliphatic carbocycles. The highest BCUT2D eigenvalue weighted by molar-refractivity contribution is 5.76. The van der Waals surface area contributed by atoms with E-state index >= 15 is 0 Å². The first-order valence-corrected chi connectivity index (χ1v) is 5.46. The van der Waals surface area contributed by atoms with E-state index in [4.69, 9.17) is 9.84 Å². The molecule has 0 amide bonds. The topological polar surface area (TPSA) is 92.9 Å². The molecule has 1 N–H and O–H groups in total. The largest absolute Gasteiger partial charge is 0.491 e. The summed E-state index contributed by atoms with van der Waals surface area (Å²) >= 11 is 0. The number of nitro groups is 1. The summed E-state index contributed by atoms with van der Waals surface area (Å²) in [6.07, 6.45) is 0.676. The third-order valence-corrected chi connectivity index (χ3v) is 2.65. The number of carbonyl (C=O) groups is 1.